The molecular weight excluding hydrogens is 158 g/mol. The molecule has 0 saturated carbocycles. The summed E-state index contributed by atoms with van der Waals surface area (Å²) < 4.78 is 0. The fraction of sp³-hybridized carbons (Fsp3) is 0.111. The standard InChI is InChI=1S/C9H9Cl.H3N/c1-2-8-5-3-4-6-9(8)7-10;/h2-6H,1,7H2;1H3/p+1. The van der Waals surface area contributed by atoms with Crippen molar-refractivity contribution in [1.82, 2.24) is 6.15 Å². The van der Waals surface area contributed by atoms with Crippen LogP contribution in [0.1, 0.15) is 11.1 Å². The van der Waals surface area contributed by atoms with Crippen LogP contribution in [0.4, 0.5) is 0 Å². The average Bonchev–Trinajstić information content (AvgIpc) is 2.04. The van der Waals surface area contributed by atoms with Gasteiger partial charge in [0.25, 0.3) is 0 Å². The predicted octanol–water partition coefficient (Wildman–Crippen LogP) is 3.44. The number of alkyl halides is 1. The number of hydrogen-bond acceptors (Lipinski definition) is 0. The number of rotatable bonds is 2. The highest BCUT2D eigenvalue weighted by atomic mass is 35.5. The van der Waals surface area contributed by atoms with Gasteiger partial charge in [-0.2, -0.15) is 0 Å². The number of benzene rings is 1. The van der Waals surface area contributed by atoms with Crippen molar-refractivity contribution in [3.63, 3.8) is 0 Å². The van der Waals surface area contributed by atoms with Crippen molar-refractivity contribution >= 4 is 17.7 Å². The maximum atomic E-state index is 5.66. The lowest BCUT2D eigenvalue weighted by atomic mass is 10.1. The van der Waals surface area contributed by atoms with Crippen molar-refractivity contribution in [3.8, 4) is 0 Å². The molecule has 2 heteroatoms. The molecule has 0 aromatic heterocycles. The third-order valence-corrected chi connectivity index (χ3v) is 1.71. The summed E-state index contributed by atoms with van der Waals surface area (Å²) >= 11 is 5.66. The second-order valence-electron chi connectivity index (χ2n) is 2.04. The predicted molar refractivity (Wildman–Crippen MR) is 52.1 cm³/mol. The fourth-order valence-electron chi connectivity index (χ4n) is 0.855. The minimum atomic E-state index is 0. The highest BCUT2D eigenvalue weighted by molar-refractivity contribution is 6.17. The van der Waals surface area contributed by atoms with Crippen LogP contribution >= 0.6 is 11.6 Å². The van der Waals surface area contributed by atoms with Gasteiger partial charge in [0.2, 0.25) is 0 Å². The van der Waals surface area contributed by atoms with Crippen LogP contribution < -0.4 is 6.15 Å². The van der Waals surface area contributed by atoms with Crippen LogP contribution in [0.5, 0.6) is 0 Å². The monoisotopic (exact) mass is 170 g/mol. The van der Waals surface area contributed by atoms with Crippen LogP contribution in [-0.2, 0) is 5.88 Å². The first-order valence-corrected chi connectivity index (χ1v) is 3.68. The molecule has 0 aliphatic rings. The van der Waals surface area contributed by atoms with E-state index in [0.717, 1.165) is 11.1 Å². The first kappa shape index (κ1) is 10.2. The van der Waals surface area contributed by atoms with E-state index < -0.39 is 0 Å². The van der Waals surface area contributed by atoms with E-state index in [9.17, 15) is 0 Å². The van der Waals surface area contributed by atoms with Crippen molar-refractivity contribution in [3.05, 3.63) is 42.0 Å². The second-order valence-corrected chi connectivity index (χ2v) is 2.30. The molecule has 1 aromatic carbocycles. The van der Waals surface area contributed by atoms with Gasteiger partial charge in [-0.05, 0) is 11.1 Å². The Hall–Kier alpha value is -0.790. The summed E-state index contributed by atoms with van der Waals surface area (Å²) in [5.41, 5.74) is 2.26. The van der Waals surface area contributed by atoms with Gasteiger partial charge in [-0.1, -0.05) is 36.9 Å². The highest BCUT2D eigenvalue weighted by Gasteiger charge is 1.93. The van der Waals surface area contributed by atoms with Crippen molar-refractivity contribution in [1.29, 1.82) is 0 Å². The summed E-state index contributed by atoms with van der Waals surface area (Å²) in [5.74, 6) is 0.558. The molecule has 0 aliphatic heterocycles. The number of halogens is 1. The molecule has 4 N–H and O–H groups in total. The van der Waals surface area contributed by atoms with E-state index in [0.29, 0.717) is 5.88 Å². The Bertz CT molecular complexity index is 233. The van der Waals surface area contributed by atoms with Crippen molar-refractivity contribution in [2.75, 3.05) is 0 Å². The smallest absolute Gasteiger partial charge is 0.0479 e. The average molecular weight is 171 g/mol. The van der Waals surface area contributed by atoms with Gasteiger partial charge in [0.1, 0.15) is 0 Å². The molecule has 1 nitrogen and oxygen atoms in total. The van der Waals surface area contributed by atoms with Gasteiger partial charge in [-0.3, -0.25) is 0 Å². The Morgan fingerprint density at radius 2 is 2.00 bits per heavy atom. The molecule has 1 rings (SSSR count). The van der Waals surface area contributed by atoms with Crippen LogP contribution in [0.3, 0.4) is 0 Å². The summed E-state index contributed by atoms with van der Waals surface area (Å²) in [4.78, 5) is 0. The molecule has 0 bridgehead atoms. The van der Waals surface area contributed by atoms with E-state index >= 15 is 0 Å². The minimum absolute atomic E-state index is 0. The molecule has 1 aromatic rings. The third-order valence-electron chi connectivity index (χ3n) is 1.42. The Labute approximate surface area is 72.3 Å². The zero-order chi connectivity index (χ0) is 7.40. The van der Waals surface area contributed by atoms with Crippen LogP contribution in [0.15, 0.2) is 30.8 Å². The van der Waals surface area contributed by atoms with E-state index in [2.05, 4.69) is 6.58 Å². The summed E-state index contributed by atoms with van der Waals surface area (Å²) in [6, 6.07) is 7.96. The Morgan fingerprint density at radius 3 is 2.45 bits per heavy atom. The normalized spacial score (nSPS) is 8.45. The summed E-state index contributed by atoms with van der Waals surface area (Å²) in [6.07, 6.45) is 1.82. The summed E-state index contributed by atoms with van der Waals surface area (Å²) in [6.45, 7) is 3.68. The quantitative estimate of drug-likeness (QED) is 0.661. The molecule has 0 amide bonds. The zero-order valence-electron chi connectivity index (χ0n) is 6.68. The topological polar surface area (TPSA) is 36.5 Å². The maximum Gasteiger partial charge on any atom is 0.0479 e. The molecule has 0 aliphatic carbocycles. The molecule has 0 radical (unpaired) electrons. The SMILES string of the molecule is C=Cc1ccccc1CCl.[NH4+]. The van der Waals surface area contributed by atoms with Gasteiger partial charge in [-0.25, -0.2) is 0 Å². The molecule has 0 unspecified atom stereocenters. The molecule has 60 valence electrons. The Balaban J connectivity index is 0.000001000. The zero-order valence-corrected chi connectivity index (χ0v) is 7.43. The van der Waals surface area contributed by atoms with E-state index in [1.54, 1.807) is 0 Å². The van der Waals surface area contributed by atoms with Gasteiger partial charge in [0.05, 0.1) is 0 Å². The first-order chi connectivity index (χ1) is 4.88. The fourth-order valence-corrected chi connectivity index (χ4v) is 1.10. The van der Waals surface area contributed by atoms with Crippen LogP contribution in [0.25, 0.3) is 6.08 Å². The summed E-state index contributed by atoms with van der Waals surface area (Å²) in [7, 11) is 0. The van der Waals surface area contributed by atoms with E-state index in [1.165, 1.54) is 0 Å². The van der Waals surface area contributed by atoms with E-state index in [4.69, 9.17) is 11.6 Å². The minimum Gasteiger partial charge on any atom is -0.369 e. The molecule has 0 saturated heterocycles. The van der Waals surface area contributed by atoms with E-state index in [-0.39, 0.29) is 6.15 Å². The third kappa shape index (κ3) is 2.37. The largest absolute Gasteiger partial charge is 0.369 e. The summed E-state index contributed by atoms with van der Waals surface area (Å²) in [5, 5.41) is 0. The van der Waals surface area contributed by atoms with Gasteiger partial charge in [0.15, 0.2) is 0 Å². The first-order valence-electron chi connectivity index (χ1n) is 3.15. The van der Waals surface area contributed by atoms with Crippen molar-refractivity contribution < 1.29 is 0 Å². The second kappa shape index (κ2) is 4.94. The molecule has 11 heavy (non-hydrogen) atoms. The van der Waals surface area contributed by atoms with Crippen LogP contribution in [-0.4, -0.2) is 0 Å². The Kier molecular flexibility index (Phi) is 4.59. The molecule has 0 spiro atoms. The lowest BCUT2D eigenvalue weighted by Crippen LogP contribution is -1.81. The van der Waals surface area contributed by atoms with Crippen LogP contribution in [0.2, 0.25) is 0 Å². The molecule has 0 atom stereocenters. The van der Waals surface area contributed by atoms with Crippen molar-refractivity contribution in [2.24, 2.45) is 0 Å². The van der Waals surface area contributed by atoms with Crippen LogP contribution in [0, 0.1) is 0 Å². The molecular formula is C9H13ClN+. The Morgan fingerprint density at radius 1 is 1.36 bits per heavy atom. The lowest BCUT2D eigenvalue weighted by molar-refractivity contribution is 1.38. The maximum absolute atomic E-state index is 5.66. The highest BCUT2D eigenvalue weighted by Crippen LogP contribution is 2.11. The number of hydrogen-bond donors (Lipinski definition) is 1. The molecule has 0 heterocycles. The lowest BCUT2D eigenvalue weighted by Gasteiger charge is -1.98. The van der Waals surface area contributed by atoms with Gasteiger partial charge in [0, 0.05) is 5.88 Å². The molecule has 0 fully saturated rings. The van der Waals surface area contributed by atoms with Gasteiger partial charge >= 0.3 is 0 Å². The van der Waals surface area contributed by atoms with Gasteiger partial charge < -0.3 is 6.15 Å². The van der Waals surface area contributed by atoms with E-state index in [1.807, 2.05) is 30.3 Å². The van der Waals surface area contributed by atoms with Crippen molar-refractivity contribution in [2.45, 2.75) is 5.88 Å². The number of quaternary nitrogens is 1. The van der Waals surface area contributed by atoms with Gasteiger partial charge in [-0.15, -0.1) is 11.6 Å².